The third-order valence-corrected chi connectivity index (χ3v) is 6.04. The molecule has 4 rings (SSSR count). The van der Waals surface area contributed by atoms with Crippen LogP contribution in [0.25, 0.3) is 0 Å². The molecule has 2 amide bonds. The number of amides is 2. The van der Waals surface area contributed by atoms with Crippen LogP contribution in [0.3, 0.4) is 0 Å². The summed E-state index contributed by atoms with van der Waals surface area (Å²) in [6.45, 7) is 3.48. The van der Waals surface area contributed by atoms with Gasteiger partial charge in [-0.15, -0.1) is 0 Å². The SMILES string of the molecule is CN1CCN(C(=O)c2cccn(CC(=O)N3CCCC3)c2=O)[C@@H](c2ccccc2)C1. The molecule has 1 aromatic heterocycles. The van der Waals surface area contributed by atoms with E-state index >= 15 is 0 Å². The first-order valence-corrected chi connectivity index (χ1v) is 10.6. The molecule has 158 valence electrons. The number of rotatable bonds is 4. The zero-order valence-electron chi connectivity index (χ0n) is 17.4. The van der Waals surface area contributed by atoms with Crippen molar-refractivity contribution in [3.63, 3.8) is 0 Å². The Labute approximate surface area is 176 Å². The highest BCUT2D eigenvalue weighted by Crippen LogP contribution is 2.26. The predicted octanol–water partition coefficient (Wildman–Crippen LogP) is 1.60. The first kappa shape index (κ1) is 20.3. The lowest BCUT2D eigenvalue weighted by Gasteiger charge is -2.40. The van der Waals surface area contributed by atoms with Gasteiger partial charge in [-0.3, -0.25) is 14.4 Å². The second-order valence-corrected chi connectivity index (χ2v) is 8.13. The summed E-state index contributed by atoms with van der Waals surface area (Å²) in [6.07, 6.45) is 3.60. The average Bonchev–Trinajstić information content (AvgIpc) is 3.30. The van der Waals surface area contributed by atoms with Gasteiger partial charge in [0.15, 0.2) is 0 Å². The molecule has 7 heteroatoms. The molecule has 0 bridgehead atoms. The number of likely N-dealkylation sites (N-methyl/N-ethyl adjacent to an activating group) is 1. The number of benzene rings is 1. The van der Waals surface area contributed by atoms with Crippen LogP contribution in [-0.4, -0.2) is 70.9 Å². The number of nitrogens with zero attached hydrogens (tertiary/aromatic N) is 4. The van der Waals surface area contributed by atoms with Crippen molar-refractivity contribution >= 4 is 11.8 Å². The van der Waals surface area contributed by atoms with Crippen molar-refractivity contribution in [2.45, 2.75) is 25.4 Å². The normalized spacial score (nSPS) is 19.8. The van der Waals surface area contributed by atoms with Crippen molar-refractivity contribution in [1.29, 1.82) is 0 Å². The molecule has 0 unspecified atom stereocenters. The number of likely N-dealkylation sites (tertiary alicyclic amines) is 1. The van der Waals surface area contributed by atoms with Gasteiger partial charge in [-0.1, -0.05) is 30.3 Å². The molecular formula is C23H28N4O3. The van der Waals surface area contributed by atoms with E-state index in [9.17, 15) is 14.4 Å². The first-order chi connectivity index (χ1) is 14.5. The van der Waals surface area contributed by atoms with Crippen molar-refractivity contribution in [3.05, 3.63) is 70.1 Å². The Hall–Kier alpha value is -2.93. The van der Waals surface area contributed by atoms with E-state index in [4.69, 9.17) is 0 Å². The number of carbonyl (C=O) groups excluding carboxylic acids is 2. The van der Waals surface area contributed by atoms with Crippen LogP contribution < -0.4 is 5.56 Å². The number of carbonyl (C=O) groups is 2. The maximum Gasteiger partial charge on any atom is 0.263 e. The lowest BCUT2D eigenvalue weighted by Crippen LogP contribution is -2.50. The number of piperazine rings is 1. The fourth-order valence-electron chi connectivity index (χ4n) is 4.31. The van der Waals surface area contributed by atoms with E-state index in [1.165, 1.54) is 4.57 Å². The Morgan fingerprint density at radius 3 is 2.43 bits per heavy atom. The van der Waals surface area contributed by atoms with Gasteiger partial charge in [0.1, 0.15) is 12.1 Å². The quantitative estimate of drug-likeness (QED) is 0.771. The van der Waals surface area contributed by atoms with E-state index in [2.05, 4.69) is 4.90 Å². The number of hydrogen-bond donors (Lipinski definition) is 0. The molecule has 0 saturated carbocycles. The molecule has 0 aliphatic carbocycles. The Morgan fingerprint density at radius 1 is 0.967 bits per heavy atom. The molecule has 2 fully saturated rings. The summed E-state index contributed by atoms with van der Waals surface area (Å²) in [4.78, 5) is 44.7. The lowest BCUT2D eigenvalue weighted by atomic mass is 10.0. The van der Waals surface area contributed by atoms with Crippen molar-refractivity contribution in [3.8, 4) is 0 Å². The third kappa shape index (κ3) is 4.16. The molecule has 2 aromatic rings. The van der Waals surface area contributed by atoms with Gasteiger partial charge in [-0.25, -0.2) is 0 Å². The summed E-state index contributed by atoms with van der Waals surface area (Å²) < 4.78 is 1.36. The van der Waals surface area contributed by atoms with E-state index in [1.807, 2.05) is 37.4 Å². The highest BCUT2D eigenvalue weighted by atomic mass is 16.2. The summed E-state index contributed by atoms with van der Waals surface area (Å²) >= 11 is 0. The summed E-state index contributed by atoms with van der Waals surface area (Å²) in [5.41, 5.74) is 0.774. The van der Waals surface area contributed by atoms with E-state index in [0.717, 1.165) is 38.0 Å². The van der Waals surface area contributed by atoms with Crippen LogP contribution >= 0.6 is 0 Å². The Kier molecular flexibility index (Phi) is 5.99. The molecule has 2 aliphatic rings. The molecule has 30 heavy (non-hydrogen) atoms. The molecule has 1 aromatic carbocycles. The van der Waals surface area contributed by atoms with Crippen molar-refractivity contribution in [1.82, 2.24) is 19.3 Å². The smallest absolute Gasteiger partial charge is 0.263 e. The maximum atomic E-state index is 13.4. The van der Waals surface area contributed by atoms with Crippen LogP contribution in [0.15, 0.2) is 53.5 Å². The van der Waals surface area contributed by atoms with E-state index in [-0.39, 0.29) is 30.0 Å². The van der Waals surface area contributed by atoms with Crippen LogP contribution in [0.4, 0.5) is 0 Å². The minimum absolute atomic E-state index is 0.0230. The summed E-state index contributed by atoms with van der Waals surface area (Å²) in [6, 6.07) is 13.1. The number of aromatic nitrogens is 1. The fourth-order valence-corrected chi connectivity index (χ4v) is 4.31. The van der Waals surface area contributed by atoms with Crippen molar-refractivity contribution in [2.24, 2.45) is 0 Å². The maximum absolute atomic E-state index is 13.4. The number of pyridine rings is 1. The van der Waals surface area contributed by atoms with E-state index in [1.54, 1.807) is 28.1 Å². The van der Waals surface area contributed by atoms with Gasteiger partial charge in [0.25, 0.3) is 11.5 Å². The third-order valence-electron chi connectivity index (χ3n) is 6.04. The Bertz CT molecular complexity index is 966. The molecule has 0 N–H and O–H groups in total. The van der Waals surface area contributed by atoms with Crippen molar-refractivity contribution < 1.29 is 9.59 Å². The van der Waals surface area contributed by atoms with Gasteiger partial charge < -0.3 is 19.3 Å². The summed E-state index contributed by atoms with van der Waals surface area (Å²) in [5, 5.41) is 0. The molecule has 3 heterocycles. The average molecular weight is 409 g/mol. The first-order valence-electron chi connectivity index (χ1n) is 10.6. The van der Waals surface area contributed by atoms with Crippen LogP contribution in [0.1, 0.15) is 34.8 Å². The topological polar surface area (TPSA) is 65.9 Å². The standard InChI is InChI=1S/C23H28N4O3/c1-24-14-15-27(20(16-24)18-8-3-2-4-9-18)23(30)19-10-7-13-26(22(19)29)17-21(28)25-11-5-6-12-25/h2-4,7-10,13,20H,5-6,11-12,14-17H2,1H3/t20-/m1/s1. The summed E-state index contributed by atoms with van der Waals surface area (Å²) in [7, 11) is 2.04. The second-order valence-electron chi connectivity index (χ2n) is 8.13. The Morgan fingerprint density at radius 2 is 1.70 bits per heavy atom. The highest BCUT2D eigenvalue weighted by Gasteiger charge is 2.32. The monoisotopic (exact) mass is 408 g/mol. The molecule has 1 atom stereocenters. The molecule has 7 nitrogen and oxygen atoms in total. The molecular weight excluding hydrogens is 380 g/mol. The van der Waals surface area contributed by atoms with Crippen LogP contribution in [-0.2, 0) is 11.3 Å². The van der Waals surface area contributed by atoms with Crippen LogP contribution in [0, 0.1) is 0 Å². The zero-order valence-corrected chi connectivity index (χ0v) is 17.4. The fraction of sp³-hybridized carbons (Fsp3) is 0.435. The molecule has 2 aliphatic heterocycles. The van der Waals surface area contributed by atoms with Gasteiger partial charge in [0.2, 0.25) is 5.91 Å². The summed E-state index contributed by atoms with van der Waals surface area (Å²) in [5.74, 6) is -0.342. The van der Waals surface area contributed by atoms with Gasteiger partial charge in [0, 0.05) is 38.9 Å². The molecule has 0 radical (unpaired) electrons. The predicted molar refractivity (Wildman–Crippen MR) is 114 cm³/mol. The zero-order chi connectivity index (χ0) is 21.1. The van der Waals surface area contributed by atoms with Gasteiger partial charge in [0.05, 0.1) is 6.04 Å². The number of hydrogen-bond acceptors (Lipinski definition) is 4. The van der Waals surface area contributed by atoms with Crippen molar-refractivity contribution in [2.75, 3.05) is 39.8 Å². The van der Waals surface area contributed by atoms with Gasteiger partial charge in [-0.2, -0.15) is 0 Å². The molecule has 2 saturated heterocycles. The Balaban J connectivity index is 1.59. The van der Waals surface area contributed by atoms with Crippen LogP contribution in [0.5, 0.6) is 0 Å². The second kappa shape index (κ2) is 8.83. The largest absolute Gasteiger partial charge is 0.341 e. The van der Waals surface area contributed by atoms with E-state index in [0.29, 0.717) is 13.1 Å². The lowest BCUT2D eigenvalue weighted by molar-refractivity contribution is -0.130. The molecule has 0 spiro atoms. The van der Waals surface area contributed by atoms with E-state index < -0.39 is 5.56 Å². The van der Waals surface area contributed by atoms with Gasteiger partial charge >= 0.3 is 0 Å². The minimum Gasteiger partial charge on any atom is -0.341 e. The van der Waals surface area contributed by atoms with Gasteiger partial charge in [-0.05, 0) is 37.6 Å². The highest BCUT2D eigenvalue weighted by molar-refractivity contribution is 5.94. The van der Waals surface area contributed by atoms with Crippen LogP contribution in [0.2, 0.25) is 0 Å². The minimum atomic E-state index is -0.402.